The third-order valence-corrected chi connectivity index (χ3v) is 14.5. The first-order chi connectivity index (χ1) is 22.4. The van der Waals surface area contributed by atoms with Crippen molar-refractivity contribution in [2.24, 2.45) is 17.5 Å². The molecule has 7 heterocycles. The number of rotatable bonds is 4. The first-order valence-electron chi connectivity index (χ1n) is 15.9. The Bertz CT molecular complexity index is 1610. The minimum absolute atomic E-state index is 0.120. The molecule has 3 saturated heterocycles. The molecule has 49 heavy (non-hydrogen) atoms. The average molecular weight is 880 g/mol. The van der Waals surface area contributed by atoms with Gasteiger partial charge in [-0.1, -0.05) is 0 Å². The first kappa shape index (κ1) is 40.1. The quantitative estimate of drug-likeness (QED) is 0.188. The Morgan fingerprint density at radius 2 is 0.816 bits per heavy atom. The van der Waals surface area contributed by atoms with Crippen molar-refractivity contribution in [3.05, 3.63) is 7.57 Å². The Kier molecular flexibility index (Phi) is 11.4. The van der Waals surface area contributed by atoms with Crippen molar-refractivity contribution in [3.8, 4) is 0 Å². The number of thiophene rings is 2. The molecule has 20 heteroatoms. The Morgan fingerprint density at radius 1 is 0.510 bits per heavy atom. The highest BCUT2D eigenvalue weighted by Crippen LogP contribution is 2.50. The van der Waals surface area contributed by atoms with Crippen molar-refractivity contribution in [1.29, 1.82) is 0 Å². The molecule has 2 aromatic heterocycles. The monoisotopic (exact) mass is 878 g/mol. The minimum atomic E-state index is -0.523. The van der Waals surface area contributed by atoms with Crippen molar-refractivity contribution in [3.63, 3.8) is 0 Å². The lowest BCUT2D eigenvalue weighted by molar-refractivity contribution is 0.00578. The second-order valence-corrected chi connectivity index (χ2v) is 21.1. The van der Waals surface area contributed by atoms with Gasteiger partial charge in [0.1, 0.15) is 30.3 Å². The van der Waals surface area contributed by atoms with Gasteiger partial charge in [-0.15, -0.1) is 22.7 Å². The van der Waals surface area contributed by atoms with Crippen LogP contribution in [0.15, 0.2) is 25.0 Å². The predicted molar refractivity (Wildman–Crippen MR) is 211 cm³/mol. The van der Waals surface area contributed by atoms with E-state index in [2.05, 4.69) is 49.3 Å². The van der Waals surface area contributed by atoms with Gasteiger partial charge >= 0.3 is 21.6 Å². The number of hydrogen-bond donors (Lipinski definition) is 0. The lowest BCUT2D eigenvalue weighted by Crippen LogP contribution is -2.41. The summed E-state index contributed by atoms with van der Waals surface area (Å²) in [6, 6.07) is 0. The molecule has 5 aliphatic rings. The highest BCUT2D eigenvalue weighted by molar-refractivity contribution is 9.12. The number of hydrogen-bond acceptors (Lipinski definition) is 13. The fourth-order valence-corrected chi connectivity index (χ4v) is 10.1. The van der Waals surface area contributed by atoms with Gasteiger partial charge in [0.15, 0.2) is 0 Å². The molecule has 0 bridgehead atoms. The highest BCUT2D eigenvalue weighted by atomic mass is 79.9. The van der Waals surface area contributed by atoms with Gasteiger partial charge in [0.2, 0.25) is 0 Å². The van der Waals surface area contributed by atoms with E-state index in [-0.39, 0.29) is 17.3 Å². The summed E-state index contributed by atoms with van der Waals surface area (Å²) >= 11 is 12.4. The predicted octanol–water partition coefficient (Wildman–Crippen LogP) is 9.07. The molecule has 2 aromatic rings. The largest absolute Gasteiger partial charge is 0.640 e. The summed E-state index contributed by atoms with van der Waals surface area (Å²) in [7, 11) is -1.45. The van der Waals surface area contributed by atoms with Crippen LogP contribution in [-0.4, -0.2) is 61.3 Å². The molecule has 0 amide bonds. The van der Waals surface area contributed by atoms with Crippen LogP contribution in [0.3, 0.4) is 0 Å². The van der Waals surface area contributed by atoms with Crippen LogP contribution in [0.5, 0.6) is 0 Å². The van der Waals surface area contributed by atoms with E-state index in [1.807, 2.05) is 96.9 Å². The maximum Gasteiger partial charge on any atom is 0.640 e. The van der Waals surface area contributed by atoms with Gasteiger partial charge in [0.05, 0.1) is 65.9 Å². The summed E-state index contributed by atoms with van der Waals surface area (Å²) in [4.78, 5) is 0. The molecule has 0 unspecified atom stereocenters. The summed E-state index contributed by atoms with van der Waals surface area (Å²) in [6.45, 7) is 28.4. The topological polar surface area (TPSA) is 114 Å². The van der Waals surface area contributed by atoms with Crippen molar-refractivity contribution in [2.75, 3.05) is 0 Å². The summed E-state index contributed by atoms with van der Waals surface area (Å²) in [5.74, 6) is 0. The van der Waals surface area contributed by atoms with E-state index in [0.717, 1.165) is 39.9 Å². The van der Waals surface area contributed by atoms with Crippen LogP contribution in [-0.2, 0) is 55.3 Å². The van der Waals surface area contributed by atoms with Crippen LogP contribution >= 0.6 is 54.5 Å². The molecule has 0 atom stereocenters. The summed E-state index contributed by atoms with van der Waals surface area (Å²) in [6.07, 6.45) is 0.120. The van der Waals surface area contributed by atoms with E-state index >= 15 is 0 Å². The normalized spacial score (nSPS) is 23.9. The van der Waals surface area contributed by atoms with E-state index in [9.17, 15) is 0 Å². The average Bonchev–Trinajstić information content (AvgIpc) is 3.76. The fraction of sp³-hybridized carbons (Fsp3) is 0.724. The van der Waals surface area contributed by atoms with Gasteiger partial charge in [-0.3, -0.25) is 0 Å². The van der Waals surface area contributed by atoms with Crippen molar-refractivity contribution >= 4 is 131 Å². The van der Waals surface area contributed by atoms with Crippen molar-refractivity contribution in [1.82, 2.24) is 0 Å². The molecule has 0 radical (unpaired) electrons. The van der Waals surface area contributed by atoms with E-state index in [1.54, 1.807) is 22.7 Å². The molecule has 0 aliphatic carbocycles. The molecule has 0 N–H and O–H groups in total. The standard InChI is InChI=1S/C16H24B2N2O4S2.C9H19BO3.C4Br2N2S2/c1-13(2)14(3,4)22-17(21-13)11-9-10(20-26-19-9)12(25-11)18-23-15(5,6)16(7,8)24-18;1-7(2)11-10-12-8(3,4)9(5,6)13-10;5-3-1-2(4(6)9-3)8-10-7-1/h1-8H3;7H,1-6H3;. The Hall–Kier alpha value is -0.0852. The molecule has 0 aromatic carbocycles. The van der Waals surface area contributed by atoms with Crippen LogP contribution in [0.1, 0.15) is 96.9 Å². The molecular weight excluding hydrogens is 837 g/mol. The summed E-state index contributed by atoms with van der Waals surface area (Å²) < 4.78 is 62.8. The Labute approximate surface area is 323 Å². The number of nitrogens with zero attached hydrogens (tertiary/aromatic N) is 4. The Balaban J connectivity index is 0.000000168. The van der Waals surface area contributed by atoms with Crippen molar-refractivity contribution in [2.45, 2.75) is 137 Å². The molecule has 7 rings (SSSR count). The van der Waals surface area contributed by atoms with Gasteiger partial charge in [-0.25, -0.2) is 0 Å². The lowest BCUT2D eigenvalue weighted by atomic mass is 9.83. The number of halogens is 2. The van der Waals surface area contributed by atoms with Gasteiger partial charge in [0.25, 0.3) is 0 Å². The van der Waals surface area contributed by atoms with Crippen molar-refractivity contribution < 1.29 is 32.6 Å². The van der Waals surface area contributed by atoms with Gasteiger partial charge in [0, 0.05) is 6.10 Å². The van der Waals surface area contributed by atoms with E-state index < -0.39 is 44.0 Å². The fourth-order valence-electron chi connectivity index (χ4n) is 4.64. The summed E-state index contributed by atoms with van der Waals surface area (Å²) in [5, 5.41) is 0. The van der Waals surface area contributed by atoms with E-state index in [0.29, 0.717) is 0 Å². The van der Waals surface area contributed by atoms with E-state index in [4.69, 9.17) is 32.6 Å². The maximum atomic E-state index is 6.23. The van der Waals surface area contributed by atoms with Gasteiger partial charge in [-0.2, -0.15) is 17.5 Å². The first-order valence-corrected chi connectivity index (χ1v) is 20.6. The summed E-state index contributed by atoms with van der Waals surface area (Å²) in [5.41, 5.74) is 1.36. The zero-order valence-corrected chi connectivity index (χ0v) is 36.8. The SMILES string of the molecule is Brc1sc(Br)c2c1N=S=N2.CC(C)OB1OC(C)(C)C(C)(C)O1.CC1(C)OB(c2sc(B3OC(C)(C)C(C)(C)O3)c3c2N=S=N3)OC1(C)C. The van der Waals surface area contributed by atoms with Crippen LogP contribution in [0.4, 0.5) is 22.7 Å². The zero-order chi connectivity index (χ0) is 36.5. The van der Waals surface area contributed by atoms with Crippen LogP contribution in [0.25, 0.3) is 0 Å². The molecule has 0 saturated carbocycles. The third kappa shape index (κ3) is 7.92. The molecule has 3 fully saturated rings. The minimum Gasteiger partial charge on any atom is -0.399 e. The van der Waals surface area contributed by atoms with Crippen LogP contribution in [0, 0.1) is 0 Å². The molecule has 11 nitrogen and oxygen atoms in total. The molecular formula is C29H43B3Br2N4O7S4. The van der Waals surface area contributed by atoms with E-state index in [1.165, 1.54) is 22.7 Å². The van der Waals surface area contributed by atoms with Gasteiger partial charge < -0.3 is 32.6 Å². The van der Waals surface area contributed by atoms with Crippen LogP contribution < -0.4 is 9.55 Å². The van der Waals surface area contributed by atoms with Gasteiger partial charge in [-0.05, 0) is 129 Å². The lowest BCUT2D eigenvalue weighted by Gasteiger charge is -2.32. The highest BCUT2D eigenvalue weighted by Gasteiger charge is 2.57. The zero-order valence-electron chi connectivity index (χ0n) is 30.3. The van der Waals surface area contributed by atoms with Crippen LogP contribution in [0.2, 0.25) is 0 Å². The third-order valence-electron chi connectivity index (χ3n) is 9.76. The number of fused-ring (bicyclic) bond motifs is 2. The smallest absolute Gasteiger partial charge is 0.399 e. The molecule has 268 valence electrons. The molecule has 0 spiro atoms. The Morgan fingerprint density at radius 3 is 1.14 bits per heavy atom. The molecule has 5 aliphatic heterocycles. The second-order valence-electron chi connectivity index (χ2n) is 15.3. The maximum absolute atomic E-state index is 6.23. The second kappa shape index (κ2) is 14.0.